The van der Waals surface area contributed by atoms with Gasteiger partial charge in [0.05, 0.1) is 5.02 Å². The summed E-state index contributed by atoms with van der Waals surface area (Å²) in [5.74, 6) is -0.986. The molecule has 0 aliphatic carbocycles. The molecular formula is C20H18ClNO3S. The summed E-state index contributed by atoms with van der Waals surface area (Å²) >= 11 is 7.54. The van der Waals surface area contributed by atoms with Crippen LogP contribution in [0.2, 0.25) is 5.02 Å². The monoisotopic (exact) mass is 387 g/mol. The Kier molecular flexibility index (Phi) is 5.59. The molecular weight excluding hydrogens is 370 g/mol. The largest absolute Gasteiger partial charge is 0.448 e. The summed E-state index contributed by atoms with van der Waals surface area (Å²) in [7, 11) is 0. The van der Waals surface area contributed by atoms with Crippen molar-refractivity contribution in [1.29, 1.82) is 0 Å². The van der Waals surface area contributed by atoms with Gasteiger partial charge in [0.15, 0.2) is 6.10 Å². The lowest BCUT2D eigenvalue weighted by Crippen LogP contribution is -2.29. The van der Waals surface area contributed by atoms with Crippen LogP contribution in [0.3, 0.4) is 0 Å². The zero-order valence-corrected chi connectivity index (χ0v) is 16.0. The second-order valence-corrected chi connectivity index (χ2v) is 7.26. The SMILES string of the molecule is CCc1ccc(NC(=O)[C@@H](C)OC(=O)c2sc3ccccc3c2Cl)cc1. The molecule has 0 saturated carbocycles. The van der Waals surface area contributed by atoms with Gasteiger partial charge in [-0.25, -0.2) is 4.79 Å². The van der Waals surface area contributed by atoms with E-state index in [0.29, 0.717) is 15.6 Å². The summed E-state index contributed by atoms with van der Waals surface area (Å²) in [6, 6.07) is 15.0. The van der Waals surface area contributed by atoms with E-state index in [0.717, 1.165) is 16.5 Å². The van der Waals surface area contributed by atoms with Crippen molar-refractivity contribution < 1.29 is 14.3 Å². The van der Waals surface area contributed by atoms with Gasteiger partial charge in [0.1, 0.15) is 4.88 Å². The summed E-state index contributed by atoms with van der Waals surface area (Å²) in [6.45, 7) is 3.60. The van der Waals surface area contributed by atoms with Crippen molar-refractivity contribution in [2.75, 3.05) is 5.32 Å². The molecule has 0 fully saturated rings. The third kappa shape index (κ3) is 3.89. The number of hydrogen-bond acceptors (Lipinski definition) is 4. The van der Waals surface area contributed by atoms with Gasteiger partial charge in [-0.05, 0) is 37.1 Å². The van der Waals surface area contributed by atoms with Gasteiger partial charge >= 0.3 is 5.97 Å². The van der Waals surface area contributed by atoms with Gasteiger partial charge in [0, 0.05) is 15.8 Å². The Hall–Kier alpha value is -2.37. The van der Waals surface area contributed by atoms with Crippen LogP contribution in [0.1, 0.15) is 29.1 Å². The van der Waals surface area contributed by atoms with E-state index in [4.69, 9.17) is 16.3 Å². The minimum Gasteiger partial charge on any atom is -0.448 e. The fourth-order valence-electron chi connectivity index (χ4n) is 2.48. The van der Waals surface area contributed by atoms with Crippen molar-refractivity contribution in [3.8, 4) is 0 Å². The average molecular weight is 388 g/mol. The molecule has 1 heterocycles. The topological polar surface area (TPSA) is 55.4 Å². The first-order valence-corrected chi connectivity index (χ1v) is 9.47. The molecule has 0 saturated heterocycles. The van der Waals surface area contributed by atoms with Gasteiger partial charge in [-0.1, -0.05) is 48.9 Å². The van der Waals surface area contributed by atoms with Crippen molar-refractivity contribution in [2.45, 2.75) is 26.4 Å². The zero-order valence-electron chi connectivity index (χ0n) is 14.4. The Bertz CT molecular complexity index is 949. The van der Waals surface area contributed by atoms with E-state index < -0.39 is 12.1 Å². The number of anilines is 1. The van der Waals surface area contributed by atoms with E-state index in [9.17, 15) is 9.59 Å². The van der Waals surface area contributed by atoms with Crippen LogP contribution in [0.4, 0.5) is 5.69 Å². The second kappa shape index (κ2) is 7.89. The number of aryl methyl sites for hydroxylation is 1. The lowest BCUT2D eigenvalue weighted by molar-refractivity contribution is -0.123. The van der Waals surface area contributed by atoms with Gasteiger partial charge < -0.3 is 10.1 Å². The molecule has 0 radical (unpaired) electrons. The number of benzene rings is 2. The van der Waals surface area contributed by atoms with Crippen LogP contribution in [0.25, 0.3) is 10.1 Å². The number of carbonyl (C=O) groups is 2. The molecule has 134 valence electrons. The van der Waals surface area contributed by atoms with E-state index in [1.165, 1.54) is 23.8 Å². The van der Waals surface area contributed by atoms with Crippen molar-refractivity contribution in [3.05, 3.63) is 64.0 Å². The third-order valence-electron chi connectivity index (χ3n) is 4.00. The van der Waals surface area contributed by atoms with E-state index in [2.05, 4.69) is 12.2 Å². The number of amides is 1. The molecule has 1 aromatic heterocycles. The number of fused-ring (bicyclic) bond motifs is 1. The average Bonchev–Trinajstić information content (AvgIpc) is 2.99. The van der Waals surface area contributed by atoms with Crippen LogP contribution in [0, 0.1) is 0 Å². The molecule has 0 aliphatic heterocycles. The maximum Gasteiger partial charge on any atom is 0.350 e. The molecule has 1 atom stereocenters. The molecule has 4 nitrogen and oxygen atoms in total. The molecule has 1 amide bonds. The normalized spacial score (nSPS) is 12.0. The van der Waals surface area contributed by atoms with Gasteiger partial charge in [0.2, 0.25) is 0 Å². The molecule has 0 spiro atoms. The van der Waals surface area contributed by atoms with Gasteiger partial charge in [0.25, 0.3) is 5.91 Å². The van der Waals surface area contributed by atoms with Crippen LogP contribution in [-0.2, 0) is 16.0 Å². The summed E-state index contributed by atoms with van der Waals surface area (Å²) in [5.41, 5.74) is 1.84. The lowest BCUT2D eigenvalue weighted by Gasteiger charge is -2.13. The van der Waals surface area contributed by atoms with Crippen molar-refractivity contribution >= 4 is 50.6 Å². The Balaban J connectivity index is 1.67. The first kappa shape index (κ1) is 18.4. The van der Waals surface area contributed by atoms with Gasteiger partial charge in [-0.15, -0.1) is 11.3 Å². The van der Waals surface area contributed by atoms with Crippen LogP contribution in [0.15, 0.2) is 48.5 Å². The minimum atomic E-state index is -0.936. The number of esters is 1. The van der Waals surface area contributed by atoms with Crippen LogP contribution >= 0.6 is 22.9 Å². The first-order valence-electron chi connectivity index (χ1n) is 8.27. The van der Waals surface area contributed by atoms with Crippen LogP contribution < -0.4 is 5.32 Å². The third-order valence-corrected chi connectivity index (χ3v) is 5.66. The smallest absolute Gasteiger partial charge is 0.350 e. The van der Waals surface area contributed by atoms with E-state index in [-0.39, 0.29) is 5.91 Å². The quantitative estimate of drug-likeness (QED) is 0.604. The van der Waals surface area contributed by atoms with Gasteiger partial charge in [-0.2, -0.15) is 0 Å². The van der Waals surface area contributed by atoms with Crippen molar-refractivity contribution in [2.24, 2.45) is 0 Å². The predicted octanol–water partition coefficient (Wildman–Crippen LogP) is 5.30. The van der Waals surface area contributed by atoms with Crippen molar-refractivity contribution in [3.63, 3.8) is 0 Å². The fraction of sp³-hybridized carbons (Fsp3) is 0.200. The molecule has 0 aliphatic rings. The molecule has 3 aromatic rings. The molecule has 26 heavy (non-hydrogen) atoms. The molecule has 2 aromatic carbocycles. The highest BCUT2D eigenvalue weighted by Gasteiger charge is 2.23. The number of rotatable bonds is 5. The standard InChI is InChI=1S/C20H18ClNO3S/c1-3-13-8-10-14(11-9-13)22-19(23)12(2)25-20(24)18-17(21)15-6-4-5-7-16(15)26-18/h4-12H,3H2,1-2H3,(H,22,23)/t12-/m1/s1. The molecule has 3 rings (SSSR count). The van der Waals surface area contributed by atoms with Crippen LogP contribution in [0.5, 0.6) is 0 Å². The minimum absolute atomic E-state index is 0.305. The summed E-state index contributed by atoms with van der Waals surface area (Å²) in [5, 5.41) is 3.91. The molecule has 1 N–H and O–H groups in total. The maximum absolute atomic E-state index is 12.4. The zero-order chi connectivity index (χ0) is 18.7. The fourth-order valence-corrected chi connectivity index (χ4v) is 3.87. The Morgan fingerprint density at radius 2 is 1.85 bits per heavy atom. The van der Waals surface area contributed by atoms with Crippen molar-refractivity contribution in [1.82, 2.24) is 0 Å². The van der Waals surface area contributed by atoms with Gasteiger partial charge in [-0.3, -0.25) is 4.79 Å². The highest BCUT2D eigenvalue weighted by atomic mass is 35.5. The number of hydrogen-bond donors (Lipinski definition) is 1. The number of ether oxygens (including phenoxy) is 1. The number of carbonyl (C=O) groups excluding carboxylic acids is 2. The highest BCUT2D eigenvalue weighted by molar-refractivity contribution is 7.21. The second-order valence-electron chi connectivity index (χ2n) is 5.83. The lowest BCUT2D eigenvalue weighted by atomic mass is 10.1. The molecule has 0 unspecified atom stereocenters. The first-order chi connectivity index (χ1) is 12.5. The number of thiophene rings is 1. The molecule has 6 heteroatoms. The summed E-state index contributed by atoms with van der Waals surface area (Å²) in [4.78, 5) is 25.0. The van der Waals surface area contributed by atoms with E-state index in [1.54, 1.807) is 0 Å². The number of nitrogens with one attached hydrogen (secondary N) is 1. The van der Waals surface area contributed by atoms with E-state index in [1.807, 2.05) is 48.5 Å². The Morgan fingerprint density at radius 1 is 1.15 bits per heavy atom. The number of halogens is 1. The Labute approximate surface area is 160 Å². The van der Waals surface area contributed by atoms with Crippen LogP contribution in [-0.4, -0.2) is 18.0 Å². The predicted molar refractivity (Wildman–Crippen MR) is 106 cm³/mol. The maximum atomic E-state index is 12.4. The highest BCUT2D eigenvalue weighted by Crippen LogP contribution is 2.35. The Morgan fingerprint density at radius 3 is 2.50 bits per heavy atom. The summed E-state index contributed by atoms with van der Waals surface area (Å²) < 4.78 is 6.20. The van der Waals surface area contributed by atoms with E-state index >= 15 is 0 Å². The summed E-state index contributed by atoms with van der Waals surface area (Å²) in [6.07, 6.45) is -0.00679. The molecule has 0 bridgehead atoms.